The number of halogens is 3. The number of benzene rings is 2. The normalized spacial score (nSPS) is 13.2. The van der Waals surface area contributed by atoms with Gasteiger partial charge < -0.3 is 10.9 Å². The zero-order chi connectivity index (χ0) is 18.4. The molecular weight excluding hydrogens is 447 g/mol. The van der Waals surface area contributed by atoms with Crippen LogP contribution in [0.2, 0.25) is 0 Å². The lowest BCUT2D eigenvalue weighted by atomic mass is 10.2. The molecule has 0 aromatic heterocycles. The number of hydrazone groups is 1. The molecule has 7 nitrogen and oxygen atoms in total. The van der Waals surface area contributed by atoms with Crippen molar-refractivity contribution in [1.29, 1.82) is 0 Å². The van der Waals surface area contributed by atoms with Crippen molar-refractivity contribution in [3.63, 3.8) is 0 Å². The van der Waals surface area contributed by atoms with E-state index in [-0.39, 0.29) is 11.5 Å². The molecule has 132 valence electrons. The standard InChI is InChI=1S/C15H14F2IN5O2/c16-11-5-10(14(23(24)25)13(17)6-11)8-21-22-15(19)20-7-9-1-3-12(18)4-2-9/h1-6,8,23-24H,7H2,(H3,19,20,22)/b21-8+. The summed E-state index contributed by atoms with van der Waals surface area (Å²) in [5.41, 5.74) is 8.03. The van der Waals surface area contributed by atoms with Crippen LogP contribution >= 0.6 is 22.6 Å². The summed E-state index contributed by atoms with van der Waals surface area (Å²) in [6.45, 7) is 0.320. The van der Waals surface area contributed by atoms with E-state index in [9.17, 15) is 14.0 Å². The molecule has 0 saturated carbocycles. The Bertz CT molecular complexity index is 797. The van der Waals surface area contributed by atoms with Gasteiger partial charge in [-0.05, 0) is 46.4 Å². The van der Waals surface area contributed by atoms with Gasteiger partial charge in [-0.1, -0.05) is 12.1 Å². The molecule has 0 radical (unpaired) electrons. The third kappa shape index (κ3) is 5.70. The Morgan fingerprint density at radius 3 is 2.64 bits per heavy atom. The average Bonchev–Trinajstić information content (AvgIpc) is 2.53. The van der Waals surface area contributed by atoms with E-state index >= 15 is 0 Å². The lowest BCUT2D eigenvalue weighted by Crippen LogP contribution is -2.99. The van der Waals surface area contributed by atoms with Gasteiger partial charge in [0.25, 0.3) is 0 Å². The number of nitrogens with two attached hydrogens (primary N) is 1. The number of hydrogen-bond acceptors (Lipinski definition) is 4. The average molecular weight is 461 g/mol. The van der Waals surface area contributed by atoms with Crippen LogP contribution in [0.3, 0.4) is 0 Å². The van der Waals surface area contributed by atoms with E-state index in [0.29, 0.717) is 12.6 Å². The summed E-state index contributed by atoms with van der Waals surface area (Å²) < 4.78 is 27.9. The number of aliphatic imine (C=N–C) groups is 1. The second-order valence-corrected chi connectivity index (χ2v) is 6.10. The van der Waals surface area contributed by atoms with E-state index in [0.717, 1.165) is 21.4 Å². The molecule has 1 unspecified atom stereocenters. The van der Waals surface area contributed by atoms with Gasteiger partial charge in [0.15, 0.2) is 5.82 Å². The molecule has 2 aromatic rings. The Morgan fingerprint density at radius 2 is 2.00 bits per heavy atom. The third-order valence-corrected chi connectivity index (χ3v) is 3.75. The van der Waals surface area contributed by atoms with Crippen LogP contribution in [-0.2, 0) is 6.54 Å². The van der Waals surface area contributed by atoms with Gasteiger partial charge in [0.2, 0.25) is 11.6 Å². The number of quaternary nitrogens is 1. The van der Waals surface area contributed by atoms with Gasteiger partial charge in [-0.25, -0.2) is 24.4 Å². The SMILES string of the molecule is NC(=NCc1ccc(I)cc1)N/N=C/c1cc(F)cc(F)c1[NH+]([O-])O. The Hall–Kier alpha value is -2.15. The van der Waals surface area contributed by atoms with Crippen molar-refractivity contribution in [2.45, 2.75) is 6.54 Å². The highest BCUT2D eigenvalue weighted by Gasteiger charge is 2.16. The zero-order valence-corrected chi connectivity index (χ0v) is 14.9. The molecule has 0 spiro atoms. The predicted molar refractivity (Wildman–Crippen MR) is 97.3 cm³/mol. The second-order valence-electron chi connectivity index (χ2n) is 4.85. The summed E-state index contributed by atoms with van der Waals surface area (Å²) in [4.78, 5) is 4.05. The maximum atomic E-state index is 13.5. The molecular formula is C15H14F2IN5O2. The molecule has 10 heteroatoms. The fourth-order valence-corrected chi connectivity index (χ4v) is 2.25. The van der Waals surface area contributed by atoms with Gasteiger partial charge in [-0.3, -0.25) is 0 Å². The number of nitrogens with one attached hydrogen (secondary N) is 2. The van der Waals surface area contributed by atoms with E-state index in [2.05, 4.69) is 38.1 Å². The molecule has 1 atom stereocenters. The largest absolute Gasteiger partial charge is 0.595 e. The molecule has 0 amide bonds. The van der Waals surface area contributed by atoms with Crippen molar-refractivity contribution in [2.24, 2.45) is 15.8 Å². The summed E-state index contributed by atoms with van der Waals surface area (Å²) in [7, 11) is 0. The predicted octanol–water partition coefficient (Wildman–Crippen LogP) is 1.41. The minimum Gasteiger partial charge on any atom is -0.595 e. The Labute approximate surface area is 155 Å². The molecule has 5 N–H and O–H groups in total. The topological polar surface area (TPSA) is 110 Å². The maximum Gasteiger partial charge on any atom is 0.209 e. The van der Waals surface area contributed by atoms with E-state index in [1.165, 1.54) is 0 Å². The molecule has 0 bridgehead atoms. The van der Waals surface area contributed by atoms with Gasteiger partial charge >= 0.3 is 0 Å². The zero-order valence-electron chi connectivity index (χ0n) is 12.7. The fourth-order valence-electron chi connectivity index (χ4n) is 1.89. The first-order chi connectivity index (χ1) is 11.9. The van der Waals surface area contributed by atoms with Gasteiger partial charge in [-0.15, -0.1) is 0 Å². The Morgan fingerprint density at radius 1 is 1.32 bits per heavy atom. The molecule has 0 aliphatic heterocycles. The minimum absolute atomic E-state index is 0.0245. The van der Waals surface area contributed by atoms with Gasteiger partial charge in [0, 0.05) is 9.64 Å². The summed E-state index contributed by atoms with van der Waals surface area (Å²) in [6, 6.07) is 9.01. The van der Waals surface area contributed by atoms with E-state index < -0.39 is 22.5 Å². The van der Waals surface area contributed by atoms with Crippen molar-refractivity contribution >= 4 is 40.5 Å². The third-order valence-electron chi connectivity index (χ3n) is 3.03. The smallest absolute Gasteiger partial charge is 0.209 e. The monoisotopic (exact) mass is 461 g/mol. The van der Waals surface area contributed by atoms with E-state index in [4.69, 9.17) is 10.9 Å². The summed E-state index contributed by atoms with van der Waals surface area (Å²) in [5.74, 6) is -2.12. The van der Waals surface area contributed by atoms with Crippen molar-refractivity contribution < 1.29 is 19.2 Å². The molecule has 0 aliphatic rings. The van der Waals surface area contributed by atoms with Crippen molar-refractivity contribution in [3.05, 3.63) is 67.9 Å². The summed E-state index contributed by atoms with van der Waals surface area (Å²) >= 11 is 2.19. The van der Waals surface area contributed by atoms with Crippen LogP contribution in [0.5, 0.6) is 0 Å². The Kier molecular flexibility index (Phi) is 6.75. The minimum atomic E-state index is -1.53. The van der Waals surface area contributed by atoms with Crippen LogP contribution in [0.15, 0.2) is 46.5 Å². The highest BCUT2D eigenvalue weighted by atomic mass is 127. The number of guanidine groups is 1. The molecule has 2 aromatic carbocycles. The first-order valence-corrected chi connectivity index (χ1v) is 8.00. The van der Waals surface area contributed by atoms with Crippen molar-refractivity contribution in [3.8, 4) is 0 Å². The number of hydrogen-bond donors (Lipinski definition) is 4. The maximum absolute atomic E-state index is 13.5. The number of rotatable bonds is 5. The molecule has 0 fully saturated rings. The van der Waals surface area contributed by atoms with Crippen LogP contribution in [0.25, 0.3) is 0 Å². The molecule has 0 aliphatic carbocycles. The van der Waals surface area contributed by atoms with Crippen LogP contribution in [0.1, 0.15) is 11.1 Å². The van der Waals surface area contributed by atoms with E-state index in [1.54, 1.807) is 0 Å². The quantitative estimate of drug-likeness (QED) is 0.234. The first kappa shape index (κ1) is 19.2. The summed E-state index contributed by atoms with van der Waals surface area (Å²) in [5, 5.41) is 22.2. The Balaban J connectivity index is 2.05. The van der Waals surface area contributed by atoms with Crippen molar-refractivity contribution in [1.82, 2.24) is 5.43 Å². The molecule has 25 heavy (non-hydrogen) atoms. The summed E-state index contributed by atoms with van der Waals surface area (Å²) in [6.07, 6.45) is 0.961. The number of nitrogens with zero attached hydrogens (tertiary/aromatic N) is 2. The first-order valence-electron chi connectivity index (χ1n) is 6.92. The van der Waals surface area contributed by atoms with Gasteiger partial charge in [0.1, 0.15) is 5.82 Å². The molecule has 0 heterocycles. The van der Waals surface area contributed by atoms with Gasteiger partial charge in [0.05, 0.1) is 18.3 Å². The lowest BCUT2D eigenvalue weighted by Gasteiger charge is -2.14. The molecule has 2 rings (SSSR count). The highest BCUT2D eigenvalue weighted by Crippen LogP contribution is 2.16. The fraction of sp³-hybridized carbons (Fsp3) is 0.0667. The van der Waals surface area contributed by atoms with Crippen LogP contribution in [0.4, 0.5) is 14.5 Å². The second kappa shape index (κ2) is 8.80. The highest BCUT2D eigenvalue weighted by molar-refractivity contribution is 14.1. The molecule has 0 saturated heterocycles. The van der Waals surface area contributed by atoms with E-state index in [1.807, 2.05) is 24.3 Å². The van der Waals surface area contributed by atoms with Gasteiger partial charge in [-0.2, -0.15) is 10.3 Å². The van der Waals surface area contributed by atoms with Crippen molar-refractivity contribution in [2.75, 3.05) is 0 Å². The van der Waals surface area contributed by atoms with Crippen LogP contribution in [-0.4, -0.2) is 17.4 Å². The van der Waals surface area contributed by atoms with Crippen LogP contribution in [0, 0.1) is 20.4 Å². The lowest BCUT2D eigenvalue weighted by molar-refractivity contribution is -0.992. The van der Waals surface area contributed by atoms with Crippen LogP contribution < -0.4 is 16.4 Å².